The number of para-hydroxylation sites is 1. The minimum Gasteiger partial charge on any atom is -0.491 e. The fraction of sp³-hybridized carbons (Fsp3) is 0.333. The van der Waals surface area contributed by atoms with Gasteiger partial charge in [0.2, 0.25) is 0 Å². The van der Waals surface area contributed by atoms with E-state index < -0.39 is 7.14 Å². The zero-order chi connectivity index (χ0) is 17.0. The molecule has 2 rings (SSSR count). The summed E-state index contributed by atoms with van der Waals surface area (Å²) in [6, 6.07) is 15.1. The van der Waals surface area contributed by atoms with E-state index in [1.807, 2.05) is 49.4 Å². The van der Waals surface area contributed by atoms with E-state index in [-0.39, 0.29) is 11.8 Å². The van der Waals surface area contributed by atoms with E-state index in [9.17, 15) is 4.57 Å². The van der Waals surface area contributed by atoms with Crippen LogP contribution in [0.4, 0.5) is 0 Å². The fourth-order valence-electron chi connectivity index (χ4n) is 2.56. The normalized spacial score (nSPS) is 14.3. The number of rotatable bonds is 6. The summed E-state index contributed by atoms with van der Waals surface area (Å²) >= 11 is 12.1. The van der Waals surface area contributed by atoms with Crippen molar-refractivity contribution in [3.8, 4) is 5.75 Å². The Balaban J connectivity index is 2.19. The minimum absolute atomic E-state index is 0.0647. The molecule has 0 heterocycles. The first-order chi connectivity index (χ1) is 10.8. The molecule has 0 spiro atoms. The number of hydrogen-bond donors (Lipinski definition) is 0. The lowest BCUT2D eigenvalue weighted by atomic mass is 10.1. The molecule has 2 aromatic carbocycles. The molecule has 0 radical (unpaired) electrons. The largest absolute Gasteiger partial charge is 0.491 e. The van der Waals surface area contributed by atoms with Crippen molar-refractivity contribution in [3.05, 3.63) is 64.1 Å². The van der Waals surface area contributed by atoms with Crippen LogP contribution in [0.15, 0.2) is 48.5 Å². The topological polar surface area (TPSA) is 26.3 Å². The molecule has 2 atom stereocenters. The van der Waals surface area contributed by atoms with Crippen molar-refractivity contribution in [2.24, 2.45) is 0 Å². The average Bonchev–Trinajstić information content (AvgIpc) is 2.48. The molecule has 5 heteroatoms. The summed E-state index contributed by atoms with van der Waals surface area (Å²) in [5, 5.41) is 0.990. The van der Waals surface area contributed by atoms with Gasteiger partial charge in [0.1, 0.15) is 5.75 Å². The first kappa shape index (κ1) is 18.4. The zero-order valence-corrected chi connectivity index (χ0v) is 15.9. The fourth-order valence-corrected chi connectivity index (χ4v) is 4.55. The Kier molecular flexibility index (Phi) is 6.19. The molecular weight excluding hydrogens is 350 g/mol. The Labute approximate surface area is 148 Å². The van der Waals surface area contributed by atoms with Crippen molar-refractivity contribution >= 4 is 30.3 Å². The van der Waals surface area contributed by atoms with Gasteiger partial charge in [0.15, 0.2) is 0 Å². The van der Waals surface area contributed by atoms with Crippen LogP contribution in [-0.4, -0.2) is 19.4 Å². The van der Waals surface area contributed by atoms with Crippen LogP contribution in [0.5, 0.6) is 5.75 Å². The predicted octanol–water partition coefficient (Wildman–Crippen LogP) is 6.51. The molecule has 0 saturated carbocycles. The lowest BCUT2D eigenvalue weighted by Crippen LogP contribution is -2.16. The Hall–Kier alpha value is -0.950. The van der Waals surface area contributed by atoms with Gasteiger partial charge < -0.3 is 9.30 Å². The maximum atomic E-state index is 12.8. The van der Waals surface area contributed by atoms with E-state index in [0.717, 1.165) is 11.3 Å². The highest BCUT2D eigenvalue weighted by Crippen LogP contribution is 2.55. The van der Waals surface area contributed by atoms with E-state index in [0.29, 0.717) is 16.5 Å². The van der Waals surface area contributed by atoms with Crippen LogP contribution >= 0.6 is 30.3 Å². The van der Waals surface area contributed by atoms with Crippen LogP contribution in [0.3, 0.4) is 0 Å². The van der Waals surface area contributed by atoms with Gasteiger partial charge in [0.05, 0.1) is 23.3 Å². The van der Waals surface area contributed by atoms with Crippen LogP contribution in [-0.2, 0) is 4.57 Å². The van der Waals surface area contributed by atoms with Crippen molar-refractivity contribution in [2.45, 2.75) is 25.1 Å². The second kappa shape index (κ2) is 7.75. The van der Waals surface area contributed by atoms with E-state index in [1.54, 1.807) is 19.4 Å². The second-order valence-corrected chi connectivity index (χ2v) is 10.4. The highest BCUT2D eigenvalue weighted by Gasteiger charge is 2.28. The monoisotopic (exact) mass is 370 g/mol. The zero-order valence-electron chi connectivity index (χ0n) is 13.5. The summed E-state index contributed by atoms with van der Waals surface area (Å²) in [4.78, 5) is 0. The van der Waals surface area contributed by atoms with Gasteiger partial charge in [-0.1, -0.05) is 47.5 Å². The second-order valence-electron chi connectivity index (χ2n) is 6.10. The van der Waals surface area contributed by atoms with Gasteiger partial charge in [0.25, 0.3) is 0 Å². The maximum absolute atomic E-state index is 12.8. The SMILES string of the molecule is CC(CC(c1ccc(Cl)c(Cl)c1)P(C)(C)=O)Oc1ccccc1. The van der Waals surface area contributed by atoms with Crippen molar-refractivity contribution in [3.63, 3.8) is 0 Å². The highest BCUT2D eigenvalue weighted by molar-refractivity contribution is 7.62. The van der Waals surface area contributed by atoms with Crippen LogP contribution in [0.1, 0.15) is 24.6 Å². The van der Waals surface area contributed by atoms with Crippen LogP contribution in [0.2, 0.25) is 10.0 Å². The molecule has 124 valence electrons. The predicted molar refractivity (Wildman–Crippen MR) is 99.8 cm³/mol. The molecule has 0 aromatic heterocycles. The molecule has 0 fully saturated rings. The minimum atomic E-state index is -2.37. The Morgan fingerprint density at radius 3 is 2.26 bits per heavy atom. The molecule has 2 nitrogen and oxygen atoms in total. The standard InChI is InChI=1S/C18H21Cl2O2P/c1-13(22-15-7-5-4-6-8-15)11-18(23(2,3)21)14-9-10-16(19)17(20)12-14/h4-10,12-13,18H,11H2,1-3H3. The van der Waals surface area contributed by atoms with Gasteiger partial charge in [-0.15, -0.1) is 0 Å². The van der Waals surface area contributed by atoms with Crippen LogP contribution in [0.25, 0.3) is 0 Å². The van der Waals surface area contributed by atoms with Gasteiger partial charge in [0, 0.05) is 5.66 Å². The number of ether oxygens (including phenoxy) is 1. The molecule has 0 aliphatic carbocycles. The van der Waals surface area contributed by atoms with E-state index in [1.165, 1.54) is 0 Å². The van der Waals surface area contributed by atoms with Crippen molar-refractivity contribution < 1.29 is 9.30 Å². The summed E-state index contributed by atoms with van der Waals surface area (Å²) in [6.45, 7) is 5.60. The Morgan fingerprint density at radius 2 is 1.70 bits per heavy atom. The summed E-state index contributed by atoms with van der Waals surface area (Å²) in [5.74, 6) is 0.815. The third kappa shape index (κ3) is 5.28. The highest BCUT2D eigenvalue weighted by atomic mass is 35.5. The van der Waals surface area contributed by atoms with E-state index in [2.05, 4.69) is 0 Å². The van der Waals surface area contributed by atoms with Crippen LogP contribution < -0.4 is 4.74 Å². The molecule has 0 aliphatic rings. The quantitative estimate of drug-likeness (QED) is 0.541. The molecule has 2 aromatic rings. The van der Waals surface area contributed by atoms with Crippen molar-refractivity contribution in [1.29, 1.82) is 0 Å². The molecule has 2 unspecified atom stereocenters. The Bertz CT molecular complexity index is 697. The number of halogens is 2. The summed E-state index contributed by atoms with van der Waals surface area (Å²) in [5.41, 5.74) is 0.826. The number of benzene rings is 2. The van der Waals surface area contributed by atoms with Crippen molar-refractivity contribution in [2.75, 3.05) is 13.3 Å². The molecule has 0 saturated heterocycles. The third-order valence-corrected chi connectivity index (χ3v) is 6.46. The van der Waals surface area contributed by atoms with E-state index >= 15 is 0 Å². The summed E-state index contributed by atoms with van der Waals surface area (Å²) < 4.78 is 18.7. The molecule has 0 bridgehead atoms. The van der Waals surface area contributed by atoms with Gasteiger partial charge in [-0.25, -0.2) is 0 Å². The molecule has 23 heavy (non-hydrogen) atoms. The summed E-state index contributed by atoms with van der Waals surface area (Å²) in [6.07, 6.45) is 0.585. The third-order valence-electron chi connectivity index (χ3n) is 3.71. The van der Waals surface area contributed by atoms with Gasteiger partial charge in [-0.05, 0) is 56.5 Å². The van der Waals surface area contributed by atoms with Gasteiger partial charge >= 0.3 is 0 Å². The van der Waals surface area contributed by atoms with Crippen molar-refractivity contribution in [1.82, 2.24) is 0 Å². The first-order valence-electron chi connectivity index (χ1n) is 7.48. The molecule has 0 N–H and O–H groups in total. The smallest absolute Gasteiger partial charge is 0.119 e. The molecule has 0 amide bonds. The lowest BCUT2D eigenvalue weighted by molar-refractivity contribution is 0.209. The summed E-state index contributed by atoms with van der Waals surface area (Å²) in [7, 11) is -2.37. The Morgan fingerprint density at radius 1 is 1.04 bits per heavy atom. The lowest BCUT2D eigenvalue weighted by Gasteiger charge is -2.26. The van der Waals surface area contributed by atoms with Crippen LogP contribution in [0, 0.1) is 0 Å². The van der Waals surface area contributed by atoms with Gasteiger partial charge in [-0.3, -0.25) is 0 Å². The first-order valence-corrected chi connectivity index (χ1v) is 10.9. The molecule has 0 aliphatic heterocycles. The molecular formula is C18H21Cl2O2P. The maximum Gasteiger partial charge on any atom is 0.119 e. The average molecular weight is 371 g/mol. The van der Waals surface area contributed by atoms with E-state index in [4.69, 9.17) is 27.9 Å². The van der Waals surface area contributed by atoms with Gasteiger partial charge in [-0.2, -0.15) is 0 Å². The number of hydrogen-bond acceptors (Lipinski definition) is 2.